The van der Waals surface area contributed by atoms with Gasteiger partial charge in [-0.1, -0.05) is 0 Å². The van der Waals surface area contributed by atoms with E-state index in [4.69, 9.17) is 0 Å². The van der Waals surface area contributed by atoms with Gasteiger partial charge in [0.05, 0.1) is 0 Å². The van der Waals surface area contributed by atoms with Crippen molar-refractivity contribution in [3.63, 3.8) is 0 Å². The smallest absolute Gasteiger partial charge is 0.743 e. The first kappa shape index (κ1) is 31.8. The Hall–Kier alpha value is -0.358. The van der Waals surface area contributed by atoms with E-state index in [0.717, 1.165) is 0 Å². The van der Waals surface area contributed by atoms with Gasteiger partial charge in [0, 0.05) is 0 Å². The third kappa shape index (κ3) is 3.82. The molecular formula is C8F17O3STl. The minimum absolute atomic E-state index is 0. The summed E-state index contributed by atoms with van der Waals surface area (Å²) in [6.07, 6.45) is -7.89. The molecule has 0 spiro atoms. The molecule has 0 aromatic heterocycles. The van der Waals surface area contributed by atoms with Gasteiger partial charge < -0.3 is 4.55 Å². The number of rotatable bonds is 7. The van der Waals surface area contributed by atoms with Crippen molar-refractivity contribution in [2.45, 2.75) is 47.0 Å². The average molecular weight is 704 g/mol. The Labute approximate surface area is 172 Å². The van der Waals surface area contributed by atoms with Crippen molar-refractivity contribution in [3.05, 3.63) is 0 Å². The largest absolute Gasteiger partial charge is 1.00 e. The second-order valence-corrected chi connectivity index (χ2v) is 6.34. The van der Waals surface area contributed by atoms with Crippen molar-refractivity contribution >= 4 is 37.4 Å². The fraction of sp³-hybridized carbons (Fsp3) is 1.00. The van der Waals surface area contributed by atoms with Crippen molar-refractivity contribution in [3.8, 4) is 0 Å². The van der Waals surface area contributed by atoms with E-state index < -0.39 is 57.1 Å². The van der Waals surface area contributed by atoms with E-state index in [0.29, 0.717) is 0 Å². The number of halogens is 17. The molecule has 0 unspecified atom stereocenters. The summed E-state index contributed by atoms with van der Waals surface area (Å²) in [6.45, 7) is 0. The van der Waals surface area contributed by atoms with E-state index in [2.05, 4.69) is 0 Å². The van der Waals surface area contributed by atoms with E-state index in [9.17, 15) is 87.6 Å². The summed E-state index contributed by atoms with van der Waals surface area (Å²) in [5, 5.41) is -7.95. The van der Waals surface area contributed by atoms with Crippen molar-refractivity contribution < 1.29 is 87.6 Å². The standard InChI is InChI=1S/C8HF17O3S.Tl/c9-1(10,3(13,14)5(17,18)7(21,22)23)2(11,12)4(15,16)6(19,20)8(24,25)29(26,27)28;/h(H,26,27,28);/q;+1/p-1. The molecule has 0 fully saturated rings. The van der Waals surface area contributed by atoms with Crippen LogP contribution in [0, 0.1) is 0 Å². The van der Waals surface area contributed by atoms with Crippen LogP contribution >= 0.6 is 0 Å². The van der Waals surface area contributed by atoms with Crippen LogP contribution in [0.25, 0.3) is 0 Å². The maximum Gasteiger partial charge on any atom is 1.00 e. The molecule has 0 aliphatic heterocycles. The first-order chi connectivity index (χ1) is 12.0. The van der Waals surface area contributed by atoms with Gasteiger partial charge in [0.15, 0.2) is 10.1 Å². The Morgan fingerprint density at radius 1 is 0.433 bits per heavy atom. The third-order valence-electron chi connectivity index (χ3n) is 3.01. The Balaban J connectivity index is 0. The van der Waals surface area contributed by atoms with Crippen LogP contribution in [-0.2, 0) is 10.1 Å². The molecule has 0 aromatic carbocycles. The zero-order chi connectivity index (χ0) is 24.5. The topological polar surface area (TPSA) is 57.2 Å². The molecule has 0 aliphatic rings. The van der Waals surface area contributed by atoms with Gasteiger partial charge in [-0.25, -0.2) is 8.42 Å². The predicted molar refractivity (Wildman–Crippen MR) is 56.1 cm³/mol. The maximum absolute atomic E-state index is 13.0. The second kappa shape index (κ2) is 7.61. The number of hydrogen-bond donors (Lipinski definition) is 0. The zero-order valence-electron chi connectivity index (χ0n) is 12.6. The molecule has 0 aliphatic carbocycles. The Morgan fingerprint density at radius 3 is 0.833 bits per heavy atom. The van der Waals surface area contributed by atoms with Crippen LogP contribution in [-0.4, -0.2) is 87.2 Å². The molecule has 0 bridgehead atoms. The molecule has 0 saturated heterocycles. The zero-order valence-corrected chi connectivity index (χ0v) is 17.9. The van der Waals surface area contributed by atoms with E-state index >= 15 is 0 Å². The van der Waals surface area contributed by atoms with Gasteiger partial charge in [-0.3, -0.25) is 0 Å². The maximum atomic E-state index is 13.0. The summed E-state index contributed by atoms with van der Waals surface area (Å²) in [5.41, 5.74) is 0. The van der Waals surface area contributed by atoms with E-state index in [-0.39, 0.29) is 27.3 Å². The fourth-order valence-electron chi connectivity index (χ4n) is 1.31. The molecule has 0 radical (unpaired) electrons. The first-order valence-corrected chi connectivity index (χ1v) is 7.08. The Kier molecular flexibility index (Phi) is 8.07. The molecule has 0 atom stereocenters. The average Bonchev–Trinajstić information content (AvgIpc) is 2.43. The second-order valence-electron chi connectivity index (χ2n) is 4.92. The molecular weight excluding hydrogens is 704 g/mol. The molecule has 178 valence electrons. The summed E-state index contributed by atoms with van der Waals surface area (Å²) >= 11 is 0. The van der Waals surface area contributed by atoms with Crippen LogP contribution in [0.1, 0.15) is 0 Å². The molecule has 0 N–H and O–H groups in total. The van der Waals surface area contributed by atoms with Gasteiger partial charge in [0.25, 0.3) is 0 Å². The molecule has 22 heteroatoms. The molecule has 3 nitrogen and oxygen atoms in total. The van der Waals surface area contributed by atoms with Crippen molar-refractivity contribution in [1.82, 2.24) is 0 Å². The van der Waals surface area contributed by atoms with E-state index in [1.54, 1.807) is 0 Å². The molecule has 0 amide bonds. The van der Waals surface area contributed by atoms with Crippen molar-refractivity contribution in [2.75, 3.05) is 0 Å². The van der Waals surface area contributed by atoms with Crippen LogP contribution in [0.5, 0.6) is 0 Å². The number of alkyl halides is 17. The van der Waals surface area contributed by atoms with Crippen LogP contribution in [0.2, 0.25) is 0 Å². The third-order valence-corrected chi connectivity index (χ3v) is 3.89. The number of hydrogen-bond acceptors (Lipinski definition) is 3. The van der Waals surface area contributed by atoms with Gasteiger partial charge in [0.2, 0.25) is 0 Å². The van der Waals surface area contributed by atoms with Crippen molar-refractivity contribution in [1.29, 1.82) is 0 Å². The summed E-state index contributed by atoms with van der Waals surface area (Å²) in [6, 6.07) is 0. The Morgan fingerprint density at radius 2 is 0.633 bits per heavy atom. The Bertz CT molecular complexity index is 739. The predicted octanol–water partition coefficient (Wildman–Crippen LogP) is 4.12. The van der Waals surface area contributed by atoms with Gasteiger partial charge in [-0.2, -0.15) is 74.6 Å². The van der Waals surface area contributed by atoms with Crippen LogP contribution in [0.3, 0.4) is 0 Å². The van der Waals surface area contributed by atoms with Gasteiger partial charge >= 0.3 is 74.3 Å². The summed E-state index contributed by atoms with van der Waals surface area (Å²) < 4.78 is 244. The van der Waals surface area contributed by atoms with E-state index in [1.807, 2.05) is 0 Å². The monoisotopic (exact) mass is 704 g/mol. The summed E-state index contributed by atoms with van der Waals surface area (Å²) in [4.78, 5) is 0. The summed E-state index contributed by atoms with van der Waals surface area (Å²) in [5.74, 6) is -52.1. The molecule has 0 aromatic rings. The minimum Gasteiger partial charge on any atom is -0.743 e. The SMILES string of the molecule is O=S(=O)([O-])C(F)(F)C(F)(F)C(F)(F)C(F)(F)C(F)(F)C(F)(F)C(F)(F)C(F)(F)F.[Tl+]. The van der Waals surface area contributed by atoms with Crippen LogP contribution in [0.15, 0.2) is 0 Å². The van der Waals surface area contributed by atoms with Crippen LogP contribution in [0.4, 0.5) is 74.6 Å². The minimum atomic E-state index is -8.92. The fourth-order valence-corrected chi connectivity index (χ4v) is 1.75. The van der Waals surface area contributed by atoms with Crippen molar-refractivity contribution in [2.24, 2.45) is 0 Å². The molecule has 30 heavy (non-hydrogen) atoms. The first-order valence-electron chi connectivity index (χ1n) is 5.67. The normalized spacial score (nSPS) is 16.3. The molecule has 0 rings (SSSR count). The summed E-state index contributed by atoms with van der Waals surface area (Å²) in [7, 11) is -8.14. The quantitative estimate of drug-likeness (QED) is 0.228. The van der Waals surface area contributed by atoms with Crippen LogP contribution < -0.4 is 0 Å². The van der Waals surface area contributed by atoms with Gasteiger partial charge in [-0.15, -0.1) is 0 Å². The molecule has 0 saturated carbocycles. The van der Waals surface area contributed by atoms with E-state index in [1.165, 1.54) is 0 Å². The van der Waals surface area contributed by atoms with Gasteiger partial charge in [0.1, 0.15) is 0 Å². The molecule has 0 heterocycles. The van der Waals surface area contributed by atoms with Gasteiger partial charge in [-0.05, 0) is 0 Å².